The predicted molar refractivity (Wildman–Crippen MR) is 78.0 cm³/mol. The van der Waals surface area contributed by atoms with Crippen molar-refractivity contribution < 1.29 is 4.74 Å². The Bertz CT molecular complexity index is 362. The van der Waals surface area contributed by atoms with Gasteiger partial charge in [0.1, 0.15) is 0 Å². The van der Waals surface area contributed by atoms with Crippen molar-refractivity contribution in [3.63, 3.8) is 0 Å². The van der Waals surface area contributed by atoms with Crippen LogP contribution in [0.3, 0.4) is 0 Å². The van der Waals surface area contributed by atoms with Gasteiger partial charge in [-0.3, -0.25) is 0 Å². The molecule has 0 fully saturated rings. The van der Waals surface area contributed by atoms with E-state index < -0.39 is 0 Å². The molecular formula is C16H27NO. The van der Waals surface area contributed by atoms with Crippen LogP contribution >= 0.6 is 0 Å². The van der Waals surface area contributed by atoms with E-state index in [1.807, 2.05) is 0 Å². The summed E-state index contributed by atoms with van der Waals surface area (Å²) in [6, 6.07) is 6.96. The molecule has 2 atom stereocenters. The molecule has 0 aromatic heterocycles. The molecule has 0 amide bonds. The van der Waals surface area contributed by atoms with Crippen LogP contribution in [-0.2, 0) is 4.74 Å². The molecule has 0 saturated heterocycles. The molecule has 2 heteroatoms. The molecule has 1 aromatic rings. The molecule has 0 spiro atoms. The van der Waals surface area contributed by atoms with Gasteiger partial charge in [0.15, 0.2) is 0 Å². The van der Waals surface area contributed by atoms with Crippen molar-refractivity contribution in [1.29, 1.82) is 0 Å². The zero-order chi connectivity index (χ0) is 13.8. The SMILES string of the molecule is CCNC(c1cc(C)cc(C)c1)C(C)(CC)OC. The second-order valence-corrected chi connectivity index (χ2v) is 5.28. The third-order valence-corrected chi connectivity index (χ3v) is 3.76. The Morgan fingerprint density at radius 2 is 1.72 bits per heavy atom. The number of methoxy groups -OCH3 is 1. The minimum absolute atomic E-state index is 0.170. The Morgan fingerprint density at radius 3 is 2.11 bits per heavy atom. The summed E-state index contributed by atoms with van der Waals surface area (Å²) in [4.78, 5) is 0. The molecule has 0 heterocycles. The van der Waals surface area contributed by atoms with E-state index in [4.69, 9.17) is 4.74 Å². The smallest absolute Gasteiger partial charge is 0.0841 e. The van der Waals surface area contributed by atoms with Crippen LogP contribution in [0.5, 0.6) is 0 Å². The van der Waals surface area contributed by atoms with Gasteiger partial charge in [-0.2, -0.15) is 0 Å². The minimum atomic E-state index is -0.170. The van der Waals surface area contributed by atoms with E-state index in [9.17, 15) is 0 Å². The third-order valence-electron chi connectivity index (χ3n) is 3.76. The van der Waals surface area contributed by atoms with Gasteiger partial charge < -0.3 is 10.1 Å². The molecular weight excluding hydrogens is 222 g/mol. The number of benzene rings is 1. The summed E-state index contributed by atoms with van der Waals surface area (Å²) >= 11 is 0. The molecule has 0 radical (unpaired) electrons. The first-order valence-electron chi connectivity index (χ1n) is 6.83. The highest BCUT2D eigenvalue weighted by Crippen LogP contribution is 2.32. The van der Waals surface area contributed by atoms with Gasteiger partial charge in [-0.25, -0.2) is 0 Å². The van der Waals surface area contributed by atoms with Gasteiger partial charge >= 0.3 is 0 Å². The molecule has 1 aromatic carbocycles. The second-order valence-electron chi connectivity index (χ2n) is 5.28. The minimum Gasteiger partial charge on any atom is -0.377 e. The fourth-order valence-electron chi connectivity index (χ4n) is 2.53. The zero-order valence-corrected chi connectivity index (χ0v) is 12.6. The molecule has 0 saturated carbocycles. The molecule has 0 aliphatic carbocycles. The first kappa shape index (κ1) is 15.2. The number of aryl methyl sites for hydroxylation is 2. The summed E-state index contributed by atoms with van der Waals surface area (Å²) in [7, 11) is 1.80. The zero-order valence-electron chi connectivity index (χ0n) is 12.6. The molecule has 102 valence electrons. The maximum Gasteiger partial charge on any atom is 0.0841 e. The lowest BCUT2D eigenvalue weighted by atomic mass is 9.86. The maximum absolute atomic E-state index is 5.77. The number of nitrogens with one attached hydrogen (secondary N) is 1. The van der Waals surface area contributed by atoms with E-state index in [2.05, 4.69) is 58.1 Å². The van der Waals surface area contributed by atoms with Crippen LogP contribution in [0.2, 0.25) is 0 Å². The van der Waals surface area contributed by atoms with Crippen LogP contribution in [0.4, 0.5) is 0 Å². The number of hydrogen-bond acceptors (Lipinski definition) is 2. The molecule has 18 heavy (non-hydrogen) atoms. The molecule has 1 rings (SSSR count). The summed E-state index contributed by atoms with van der Waals surface area (Å²) in [6.07, 6.45) is 0.980. The summed E-state index contributed by atoms with van der Waals surface area (Å²) in [5.41, 5.74) is 3.77. The Hall–Kier alpha value is -0.860. The molecule has 1 N–H and O–H groups in total. The first-order chi connectivity index (χ1) is 8.46. The van der Waals surface area contributed by atoms with Gasteiger partial charge in [-0.1, -0.05) is 43.2 Å². The predicted octanol–water partition coefficient (Wildman–Crippen LogP) is 3.77. The summed E-state index contributed by atoms with van der Waals surface area (Å²) in [5.74, 6) is 0. The van der Waals surface area contributed by atoms with Crippen molar-refractivity contribution in [3.8, 4) is 0 Å². The Labute approximate surface area is 112 Å². The fourth-order valence-corrected chi connectivity index (χ4v) is 2.53. The molecule has 0 bridgehead atoms. The average molecular weight is 249 g/mol. The number of rotatable bonds is 6. The van der Waals surface area contributed by atoms with E-state index in [0.29, 0.717) is 0 Å². The van der Waals surface area contributed by atoms with Crippen molar-refractivity contribution in [3.05, 3.63) is 34.9 Å². The fraction of sp³-hybridized carbons (Fsp3) is 0.625. The normalized spacial score (nSPS) is 16.3. The van der Waals surface area contributed by atoms with Crippen molar-refractivity contribution in [1.82, 2.24) is 5.32 Å². The number of ether oxygens (including phenoxy) is 1. The Morgan fingerprint density at radius 1 is 1.17 bits per heavy atom. The van der Waals surface area contributed by atoms with E-state index in [-0.39, 0.29) is 11.6 Å². The molecule has 2 unspecified atom stereocenters. The number of hydrogen-bond donors (Lipinski definition) is 1. The second kappa shape index (κ2) is 6.35. The highest BCUT2D eigenvalue weighted by Gasteiger charge is 2.33. The van der Waals surface area contributed by atoms with E-state index in [1.54, 1.807) is 7.11 Å². The molecule has 0 aliphatic heterocycles. The highest BCUT2D eigenvalue weighted by molar-refractivity contribution is 5.32. The summed E-state index contributed by atoms with van der Waals surface area (Å²) in [6.45, 7) is 11.7. The van der Waals surface area contributed by atoms with Crippen molar-refractivity contribution in [2.24, 2.45) is 0 Å². The monoisotopic (exact) mass is 249 g/mol. The van der Waals surface area contributed by atoms with Crippen molar-refractivity contribution >= 4 is 0 Å². The van der Waals surface area contributed by atoms with Crippen LogP contribution in [0.1, 0.15) is 49.9 Å². The van der Waals surface area contributed by atoms with E-state index >= 15 is 0 Å². The quantitative estimate of drug-likeness (QED) is 0.828. The lowest BCUT2D eigenvalue weighted by Gasteiger charge is -2.37. The van der Waals surface area contributed by atoms with Crippen LogP contribution in [-0.4, -0.2) is 19.3 Å². The average Bonchev–Trinajstić information content (AvgIpc) is 2.33. The topological polar surface area (TPSA) is 21.3 Å². The van der Waals surface area contributed by atoms with Crippen molar-refractivity contribution in [2.75, 3.05) is 13.7 Å². The van der Waals surface area contributed by atoms with Gasteiger partial charge in [-0.15, -0.1) is 0 Å². The lowest BCUT2D eigenvalue weighted by Crippen LogP contribution is -2.42. The van der Waals surface area contributed by atoms with Crippen LogP contribution in [0, 0.1) is 13.8 Å². The first-order valence-corrected chi connectivity index (χ1v) is 6.83. The van der Waals surface area contributed by atoms with Crippen LogP contribution in [0.25, 0.3) is 0 Å². The van der Waals surface area contributed by atoms with Crippen molar-refractivity contribution in [2.45, 2.75) is 52.7 Å². The Balaban J connectivity index is 3.18. The molecule has 0 aliphatic rings. The number of likely N-dealkylation sites (N-methyl/N-ethyl adjacent to an activating group) is 1. The van der Waals surface area contributed by atoms with Crippen LogP contribution in [0.15, 0.2) is 18.2 Å². The largest absolute Gasteiger partial charge is 0.377 e. The summed E-state index contributed by atoms with van der Waals surface area (Å²) < 4.78 is 5.77. The van der Waals surface area contributed by atoms with Gasteiger partial charge in [0.2, 0.25) is 0 Å². The lowest BCUT2D eigenvalue weighted by molar-refractivity contribution is -0.0296. The van der Waals surface area contributed by atoms with Gasteiger partial charge in [0.05, 0.1) is 11.6 Å². The van der Waals surface area contributed by atoms with Gasteiger partial charge in [0.25, 0.3) is 0 Å². The Kier molecular flexibility index (Phi) is 5.36. The van der Waals surface area contributed by atoms with Gasteiger partial charge in [-0.05, 0) is 39.3 Å². The maximum atomic E-state index is 5.77. The highest BCUT2D eigenvalue weighted by atomic mass is 16.5. The van der Waals surface area contributed by atoms with Gasteiger partial charge in [0, 0.05) is 7.11 Å². The van der Waals surface area contributed by atoms with Crippen LogP contribution < -0.4 is 5.32 Å². The van der Waals surface area contributed by atoms with E-state index in [1.165, 1.54) is 16.7 Å². The molecule has 2 nitrogen and oxygen atoms in total. The summed E-state index contributed by atoms with van der Waals surface area (Å²) in [5, 5.41) is 3.57. The third kappa shape index (κ3) is 3.33. The standard InChI is InChI=1S/C16H27NO/c1-7-16(5,18-6)15(17-8-2)14-10-12(3)9-13(4)11-14/h9-11,15,17H,7-8H2,1-6H3. The van der Waals surface area contributed by atoms with E-state index in [0.717, 1.165) is 13.0 Å².